The van der Waals surface area contributed by atoms with Crippen LogP contribution in [0, 0.1) is 0 Å². The van der Waals surface area contributed by atoms with Crippen LogP contribution >= 0.6 is 0 Å². The standard InChI is InChI=1S/C17H20F4N4O2/c1-24-6-5-12(10(18)8-24)22-11-3-2-4-13-9(11)7-14(17(26)23-27)25(13)16(21)15(19)20/h2-4,7,10,12,15-16,22,27H,5-6,8H2,1H3,(H,23,26). The van der Waals surface area contributed by atoms with Gasteiger partial charge in [0.2, 0.25) is 6.30 Å². The molecule has 0 spiro atoms. The van der Waals surface area contributed by atoms with Crippen LogP contribution in [0.4, 0.5) is 23.2 Å². The van der Waals surface area contributed by atoms with E-state index in [0.29, 0.717) is 23.2 Å². The molecule has 3 atom stereocenters. The van der Waals surface area contributed by atoms with Crippen LogP contribution in [0.3, 0.4) is 0 Å². The molecule has 1 aromatic carbocycles. The number of fused-ring (bicyclic) bond motifs is 1. The van der Waals surface area contributed by atoms with Crippen molar-refractivity contribution in [2.75, 3.05) is 25.5 Å². The van der Waals surface area contributed by atoms with Gasteiger partial charge in [0.05, 0.1) is 11.6 Å². The molecule has 0 aliphatic carbocycles. The molecule has 2 aromatic rings. The average molecular weight is 388 g/mol. The number of halogens is 4. The molecular weight excluding hydrogens is 368 g/mol. The minimum Gasteiger partial charge on any atom is -0.379 e. The van der Waals surface area contributed by atoms with Gasteiger partial charge in [0, 0.05) is 24.2 Å². The minimum atomic E-state index is -3.37. The Morgan fingerprint density at radius 2 is 2.07 bits per heavy atom. The molecule has 1 aromatic heterocycles. The van der Waals surface area contributed by atoms with Gasteiger partial charge in [-0.15, -0.1) is 0 Å². The predicted octanol–water partition coefficient (Wildman–Crippen LogP) is 2.95. The number of rotatable bonds is 5. The summed E-state index contributed by atoms with van der Waals surface area (Å²) in [7, 11) is 1.81. The van der Waals surface area contributed by atoms with E-state index in [-0.39, 0.29) is 17.4 Å². The van der Waals surface area contributed by atoms with Gasteiger partial charge in [0.15, 0.2) is 0 Å². The fraction of sp³-hybridized carbons (Fsp3) is 0.471. The van der Waals surface area contributed by atoms with Crippen LogP contribution < -0.4 is 10.8 Å². The number of amides is 1. The summed E-state index contributed by atoms with van der Waals surface area (Å²) < 4.78 is 54.9. The molecule has 148 valence electrons. The quantitative estimate of drug-likeness (QED) is 0.419. The molecule has 1 saturated heterocycles. The van der Waals surface area contributed by atoms with Crippen LogP contribution in [0.2, 0.25) is 0 Å². The van der Waals surface area contributed by atoms with Crippen molar-refractivity contribution in [2.45, 2.75) is 31.4 Å². The number of nitrogens with one attached hydrogen (secondary N) is 2. The lowest BCUT2D eigenvalue weighted by Crippen LogP contribution is -2.46. The number of likely N-dealkylation sites (tertiary alicyclic amines) is 1. The lowest BCUT2D eigenvalue weighted by atomic mass is 10.0. The van der Waals surface area contributed by atoms with Gasteiger partial charge in [0.1, 0.15) is 11.9 Å². The maximum Gasteiger partial charge on any atom is 0.291 e. The van der Waals surface area contributed by atoms with Gasteiger partial charge < -0.3 is 14.8 Å². The molecule has 1 aliphatic rings. The van der Waals surface area contributed by atoms with Gasteiger partial charge in [-0.3, -0.25) is 10.0 Å². The molecule has 3 N–H and O–H groups in total. The van der Waals surface area contributed by atoms with Crippen molar-refractivity contribution in [3.63, 3.8) is 0 Å². The number of benzene rings is 1. The summed E-state index contributed by atoms with van der Waals surface area (Å²) in [5.41, 5.74) is 1.31. The van der Waals surface area contributed by atoms with Gasteiger partial charge >= 0.3 is 0 Å². The Labute approximate surface area is 152 Å². The van der Waals surface area contributed by atoms with Crippen LogP contribution in [-0.4, -0.2) is 59.4 Å². The SMILES string of the molecule is CN1CCC(Nc2cccc3c2cc(C(=O)NO)n3C(F)C(F)F)C(F)C1. The van der Waals surface area contributed by atoms with E-state index < -0.39 is 36.5 Å². The number of carbonyl (C=O) groups is 1. The number of hydrogen-bond acceptors (Lipinski definition) is 4. The molecular formula is C17H20F4N4O2. The zero-order chi connectivity index (χ0) is 19.7. The Bertz CT molecular complexity index is 829. The number of alkyl halides is 4. The van der Waals surface area contributed by atoms with Crippen LogP contribution in [-0.2, 0) is 0 Å². The first-order valence-corrected chi connectivity index (χ1v) is 8.43. The smallest absolute Gasteiger partial charge is 0.291 e. The molecule has 1 aliphatic heterocycles. The fourth-order valence-electron chi connectivity index (χ4n) is 3.41. The molecule has 3 rings (SSSR count). The zero-order valence-corrected chi connectivity index (χ0v) is 14.5. The first-order valence-electron chi connectivity index (χ1n) is 8.43. The number of anilines is 1. The Balaban J connectivity index is 2.04. The highest BCUT2D eigenvalue weighted by Gasteiger charge is 2.30. The van der Waals surface area contributed by atoms with Crippen molar-refractivity contribution >= 4 is 22.5 Å². The summed E-state index contributed by atoms with van der Waals surface area (Å²) >= 11 is 0. The fourth-order valence-corrected chi connectivity index (χ4v) is 3.41. The third kappa shape index (κ3) is 3.72. The van der Waals surface area contributed by atoms with E-state index >= 15 is 0 Å². The molecule has 1 amide bonds. The molecule has 0 saturated carbocycles. The Morgan fingerprint density at radius 1 is 1.33 bits per heavy atom. The molecule has 6 nitrogen and oxygen atoms in total. The third-order valence-corrected chi connectivity index (χ3v) is 4.76. The second-order valence-electron chi connectivity index (χ2n) is 6.60. The van der Waals surface area contributed by atoms with Crippen molar-refractivity contribution in [1.29, 1.82) is 0 Å². The number of carbonyl (C=O) groups excluding carboxylic acids is 1. The summed E-state index contributed by atoms with van der Waals surface area (Å²) in [5, 5.41) is 12.2. The lowest BCUT2D eigenvalue weighted by Gasteiger charge is -2.33. The molecule has 10 heteroatoms. The van der Waals surface area contributed by atoms with Crippen LogP contribution in [0.15, 0.2) is 24.3 Å². The second-order valence-corrected chi connectivity index (χ2v) is 6.60. The van der Waals surface area contributed by atoms with E-state index in [1.54, 1.807) is 6.07 Å². The van der Waals surface area contributed by atoms with Crippen LogP contribution in [0.1, 0.15) is 23.2 Å². The normalized spacial score (nSPS) is 22.2. The van der Waals surface area contributed by atoms with E-state index in [1.807, 2.05) is 11.9 Å². The number of hydrogen-bond donors (Lipinski definition) is 3. The highest BCUT2D eigenvalue weighted by Crippen LogP contribution is 2.33. The highest BCUT2D eigenvalue weighted by atomic mass is 19.3. The highest BCUT2D eigenvalue weighted by molar-refractivity contribution is 6.02. The first kappa shape index (κ1) is 19.4. The van der Waals surface area contributed by atoms with Gasteiger partial charge in [-0.2, -0.15) is 0 Å². The molecule has 0 radical (unpaired) electrons. The Hall–Kier alpha value is -2.33. The van der Waals surface area contributed by atoms with E-state index in [2.05, 4.69) is 5.32 Å². The Kier molecular flexibility index (Phi) is 5.56. The molecule has 27 heavy (non-hydrogen) atoms. The zero-order valence-electron chi connectivity index (χ0n) is 14.5. The maximum absolute atomic E-state index is 14.3. The lowest BCUT2D eigenvalue weighted by molar-refractivity contribution is 0.00858. The van der Waals surface area contributed by atoms with Crippen molar-refractivity contribution in [2.24, 2.45) is 0 Å². The number of hydroxylamine groups is 1. The molecule has 3 unspecified atom stereocenters. The number of nitrogens with zero attached hydrogens (tertiary/aromatic N) is 2. The minimum absolute atomic E-state index is 0.0368. The topological polar surface area (TPSA) is 69.5 Å². The van der Waals surface area contributed by atoms with E-state index in [0.717, 1.165) is 0 Å². The van der Waals surface area contributed by atoms with Crippen molar-refractivity contribution < 1.29 is 27.6 Å². The van der Waals surface area contributed by atoms with Gasteiger partial charge in [-0.1, -0.05) is 6.07 Å². The second kappa shape index (κ2) is 7.73. The summed E-state index contributed by atoms with van der Waals surface area (Å²) in [6, 6.07) is 5.18. The van der Waals surface area contributed by atoms with Crippen LogP contribution in [0.25, 0.3) is 10.9 Å². The maximum atomic E-state index is 14.3. The largest absolute Gasteiger partial charge is 0.379 e. The molecule has 2 heterocycles. The Morgan fingerprint density at radius 3 is 2.70 bits per heavy atom. The summed E-state index contributed by atoms with van der Waals surface area (Å²) in [4.78, 5) is 13.7. The van der Waals surface area contributed by atoms with Crippen molar-refractivity contribution in [3.05, 3.63) is 30.0 Å². The number of aromatic nitrogens is 1. The number of piperidine rings is 1. The monoisotopic (exact) mass is 388 g/mol. The summed E-state index contributed by atoms with van der Waals surface area (Å²) in [5.74, 6) is -1.12. The average Bonchev–Trinajstić information content (AvgIpc) is 3.03. The van der Waals surface area contributed by atoms with Gasteiger partial charge in [-0.05, 0) is 31.7 Å². The van der Waals surface area contributed by atoms with Crippen molar-refractivity contribution in [1.82, 2.24) is 14.9 Å². The van der Waals surface area contributed by atoms with Crippen LogP contribution in [0.5, 0.6) is 0 Å². The van der Waals surface area contributed by atoms with E-state index in [1.165, 1.54) is 23.7 Å². The van der Waals surface area contributed by atoms with E-state index in [4.69, 9.17) is 5.21 Å². The predicted molar refractivity (Wildman–Crippen MR) is 91.8 cm³/mol. The summed E-state index contributed by atoms with van der Waals surface area (Å²) in [6.45, 7) is 0.940. The first-order chi connectivity index (χ1) is 12.8. The van der Waals surface area contributed by atoms with Gasteiger partial charge in [-0.25, -0.2) is 23.0 Å². The van der Waals surface area contributed by atoms with E-state index in [9.17, 15) is 22.4 Å². The molecule has 1 fully saturated rings. The van der Waals surface area contributed by atoms with Gasteiger partial charge in [0.25, 0.3) is 12.3 Å². The summed E-state index contributed by atoms with van der Waals surface area (Å²) in [6.07, 6.45) is -6.76. The third-order valence-electron chi connectivity index (χ3n) is 4.76. The van der Waals surface area contributed by atoms with Crippen molar-refractivity contribution in [3.8, 4) is 0 Å². The molecule has 0 bridgehead atoms.